The molecule has 0 saturated heterocycles. The topological polar surface area (TPSA) is 57.5 Å². The maximum absolute atomic E-state index is 11.7. The maximum Gasteiger partial charge on any atom is 0.313 e. The van der Waals surface area contributed by atoms with Gasteiger partial charge in [0.2, 0.25) is 0 Å². The molecule has 2 aromatic carbocycles. The fraction of sp³-hybridized carbons (Fsp3) is 0.278. The Bertz CT molecular complexity index is 580. The zero-order valence-corrected chi connectivity index (χ0v) is 12.1. The molecule has 0 unspecified atom stereocenters. The van der Waals surface area contributed by atoms with Crippen molar-refractivity contribution in [2.75, 3.05) is 0 Å². The van der Waals surface area contributed by atoms with Crippen LogP contribution < -0.4 is 0 Å². The molecule has 0 saturated carbocycles. The molecule has 0 radical (unpaired) electrons. The van der Waals surface area contributed by atoms with Crippen molar-refractivity contribution in [3.63, 3.8) is 0 Å². The van der Waals surface area contributed by atoms with E-state index < -0.39 is 17.5 Å². The predicted molar refractivity (Wildman–Crippen MR) is 82.2 cm³/mol. The molecule has 0 aromatic heterocycles. The Kier molecular flexibility index (Phi) is 4.76. The molecule has 0 fully saturated rings. The van der Waals surface area contributed by atoms with Crippen molar-refractivity contribution in [3.05, 3.63) is 71.8 Å². The number of hydrogen-bond donors (Lipinski definition) is 2. The average Bonchev–Trinajstić information content (AvgIpc) is 2.49. The summed E-state index contributed by atoms with van der Waals surface area (Å²) < 4.78 is 0. The molecule has 0 amide bonds. The van der Waals surface area contributed by atoms with Crippen LogP contribution >= 0.6 is 0 Å². The van der Waals surface area contributed by atoms with E-state index in [0.717, 1.165) is 5.56 Å². The monoisotopic (exact) mass is 284 g/mol. The first kappa shape index (κ1) is 15.3. The normalized spacial score (nSPS) is 15.1. The highest BCUT2D eigenvalue weighted by molar-refractivity contribution is 5.78. The van der Waals surface area contributed by atoms with Crippen molar-refractivity contribution in [1.82, 2.24) is 0 Å². The van der Waals surface area contributed by atoms with Crippen LogP contribution in [-0.4, -0.2) is 21.8 Å². The Morgan fingerprint density at radius 3 is 2.05 bits per heavy atom. The molecule has 2 N–H and O–H groups in total. The van der Waals surface area contributed by atoms with Crippen LogP contribution in [0.25, 0.3) is 0 Å². The van der Waals surface area contributed by atoms with Gasteiger partial charge in [-0.2, -0.15) is 0 Å². The van der Waals surface area contributed by atoms with Gasteiger partial charge in [0.25, 0.3) is 0 Å². The van der Waals surface area contributed by atoms with Crippen molar-refractivity contribution >= 4 is 5.97 Å². The number of rotatable bonds is 6. The van der Waals surface area contributed by atoms with Gasteiger partial charge in [0.15, 0.2) is 0 Å². The third-order valence-corrected chi connectivity index (χ3v) is 3.88. The fourth-order valence-electron chi connectivity index (χ4n) is 2.71. The van der Waals surface area contributed by atoms with Crippen molar-refractivity contribution < 1.29 is 15.0 Å². The van der Waals surface area contributed by atoms with Gasteiger partial charge in [-0.3, -0.25) is 4.79 Å². The Labute approximate surface area is 124 Å². The first-order valence-corrected chi connectivity index (χ1v) is 7.11. The molecule has 0 aliphatic carbocycles. The summed E-state index contributed by atoms with van der Waals surface area (Å²) in [5.41, 5.74) is 0.253. The standard InChI is InChI=1S/C18H20O3/c1-2-18(21,13-14-9-5-3-6-10-14)16(17(19)20)15-11-7-4-8-12-15/h3-12,16,21H,2,13H2,1H3,(H,19,20)/t16-,18-/m0/s1. The van der Waals surface area contributed by atoms with Crippen LogP contribution in [0.15, 0.2) is 60.7 Å². The number of hydrogen-bond acceptors (Lipinski definition) is 2. The summed E-state index contributed by atoms with van der Waals surface area (Å²) in [6, 6.07) is 18.4. The molecule has 0 aliphatic heterocycles. The minimum absolute atomic E-state index is 0.316. The summed E-state index contributed by atoms with van der Waals surface area (Å²) in [4.78, 5) is 11.7. The second-order valence-corrected chi connectivity index (χ2v) is 5.30. The van der Waals surface area contributed by atoms with E-state index in [-0.39, 0.29) is 0 Å². The number of carbonyl (C=O) groups is 1. The number of aliphatic carboxylic acids is 1. The number of benzene rings is 2. The van der Waals surface area contributed by atoms with Gasteiger partial charge in [0.05, 0.1) is 5.60 Å². The van der Waals surface area contributed by atoms with E-state index in [1.54, 1.807) is 24.3 Å². The van der Waals surface area contributed by atoms with Crippen LogP contribution in [0.5, 0.6) is 0 Å². The van der Waals surface area contributed by atoms with Crippen LogP contribution in [0.2, 0.25) is 0 Å². The zero-order valence-electron chi connectivity index (χ0n) is 12.1. The summed E-state index contributed by atoms with van der Waals surface area (Å²) in [7, 11) is 0. The maximum atomic E-state index is 11.7. The van der Waals surface area contributed by atoms with Crippen LogP contribution in [0.3, 0.4) is 0 Å². The lowest BCUT2D eigenvalue weighted by molar-refractivity contribution is -0.146. The lowest BCUT2D eigenvalue weighted by Gasteiger charge is -2.33. The van der Waals surface area contributed by atoms with Crippen LogP contribution in [-0.2, 0) is 11.2 Å². The molecule has 110 valence electrons. The predicted octanol–water partition coefficient (Wildman–Crippen LogP) is 3.24. The molecule has 0 spiro atoms. The summed E-state index contributed by atoms with van der Waals surface area (Å²) in [5, 5.41) is 20.6. The SMILES string of the molecule is CC[C@](O)(Cc1ccccc1)[C@H](C(=O)O)c1ccccc1. The largest absolute Gasteiger partial charge is 0.481 e. The van der Waals surface area contributed by atoms with E-state index in [4.69, 9.17) is 0 Å². The second-order valence-electron chi connectivity index (χ2n) is 5.30. The Morgan fingerprint density at radius 1 is 1.05 bits per heavy atom. The van der Waals surface area contributed by atoms with Gasteiger partial charge < -0.3 is 10.2 Å². The molecule has 2 rings (SSSR count). The molecule has 2 aromatic rings. The fourth-order valence-corrected chi connectivity index (χ4v) is 2.71. The highest BCUT2D eigenvalue weighted by Crippen LogP contribution is 2.34. The highest BCUT2D eigenvalue weighted by atomic mass is 16.4. The molecule has 0 aliphatic rings. The Balaban J connectivity index is 2.37. The summed E-state index contributed by atoms with van der Waals surface area (Å²) >= 11 is 0. The molecule has 0 heterocycles. The molecule has 0 bridgehead atoms. The van der Waals surface area contributed by atoms with Crippen molar-refractivity contribution in [3.8, 4) is 0 Å². The van der Waals surface area contributed by atoms with Gasteiger partial charge in [0.1, 0.15) is 5.92 Å². The second kappa shape index (κ2) is 6.55. The smallest absolute Gasteiger partial charge is 0.313 e. The van der Waals surface area contributed by atoms with Crippen LogP contribution in [0, 0.1) is 0 Å². The lowest BCUT2D eigenvalue weighted by Crippen LogP contribution is -2.42. The number of carboxylic acid groups (broad SMARTS) is 1. The van der Waals surface area contributed by atoms with Gasteiger partial charge in [-0.05, 0) is 17.5 Å². The number of aliphatic hydroxyl groups is 1. The minimum atomic E-state index is -1.31. The molecule has 21 heavy (non-hydrogen) atoms. The van der Waals surface area contributed by atoms with E-state index in [0.29, 0.717) is 18.4 Å². The zero-order chi connectivity index (χ0) is 15.3. The summed E-state index contributed by atoms with van der Waals surface area (Å²) in [6.45, 7) is 1.82. The van der Waals surface area contributed by atoms with Gasteiger partial charge in [-0.25, -0.2) is 0 Å². The van der Waals surface area contributed by atoms with E-state index >= 15 is 0 Å². The molecule has 3 heteroatoms. The van der Waals surface area contributed by atoms with Gasteiger partial charge in [-0.15, -0.1) is 0 Å². The lowest BCUT2D eigenvalue weighted by atomic mass is 9.76. The van der Waals surface area contributed by atoms with Crippen molar-refractivity contribution in [2.45, 2.75) is 31.3 Å². The van der Waals surface area contributed by atoms with Crippen molar-refractivity contribution in [2.24, 2.45) is 0 Å². The van der Waals surface area contributed by atoms with E-state index in [9.17, 15) is 15.0 Å². The quantitative estimate of drug-likeness (QED) is 0.856. The highest BCUT2D eigenvalue weighted by Gasteiger charge is 2.41. The molecule has 2 atom stereocenters. The van der Waals surface area contributed by atoms with Crippen molar-refractivity contribution in [1.29, 1.82) is 0 Å². The third-order valence-electron chi connectivity index (χ3n) is 3.88. The average molecular weight is 284 g/mol. The summed E-state index contributed by atoms with van der Waals surface area (Å²) in [6.07, 6.45) is 0.684. The number of carboxylic acids is 1. The van der Waals surface area contributed by atoms with Crippen LogP contribution in [0.1, 0.15) is 30.4 Å². The molecular weight excluding hydrogens is 264 g/mol. The van der Waals surface area contributed by atoms with E-state index in [1.165, 1.54) is 0 Å². The Morgan fingerprint density at radius 2 is 1.57 bits per heavy atom. The first-order chi connectivity index (χ1) is 10.1. The summed E-state index contributed by atoms with van der Waals surface area (Å²) in [5.74, 6) is -1.94. The Hall–Kier alpha value is -2.13. The minimum Gasteiger partial charge on any atom is -0.481 e. The van der Waals surface area contributed by atoms with E-state index in [1.807, 2.05) is 43.3 Å². The van der Waals surface area contributed by atoms with Gasteiger partial charge in [-0.1, -0.05) is 67.6 Å². The van der Waals surface area contributed by atoms with Gasteiger partial charge >= 0.3 is 5.97 Å². The van der Waals surface area contributed by atoms with Crippen LogP contribution in [0.4, 0.5) is 0 Å². The third kappa shape index (κ3) is 3.50. The van der Waals surface area contributed by atoms with Gasteiger partial charge in [0, 0.05) is 6.42 Å². The molecular formula is C18H20O3. The first-order valence-electron chi connectivity index (χ1n) is 7.11. The van der Waals surface area contributed by atoms with E-state index in [2.05, 4.69) is 0 Å². The molecule has 3 nitrogen and oxygen atoms in total.